The number of para-hydroxylation sites is 1. The SMILES string of the molecule is CN=C(NCc1ccc(C#N)cc1)NCc1cccc(OC)c1OC1CCCC1. The number of nitrogens with one attached hydrogen (secondary N) is 2. The van der Waals surface area contributed by atoms with Crippen molar-refractivity contribution < 1.29 is 9.47 Å². The Morgan fingerprint density at radius 3 is 2.48 bits per heavy atom. The summed E-state index contributed by atoms with van der Waals surface area (Å²) in [7, 11) is 3.42. The van der Waals surface area contributed by atoms with Crippen LogP contribution in [0.25, 0.3) is 0 Å². The zero-order chi connectivity index (χ0) is 20.5. The van der Waals surface area contributed by atoms with Crippen molar-refractivity contribution in [3.05, 3.63) is 59.2 Å². The van der Waals surface area contributed by atoms with E-state index in [-0.39, 0.29) is 6.10 Å². The van der Waals surface area contributed by atoms with Crippen molar-refractivity contribution in [3.8, 4) is 17.6 Å². The van der Waals surface area contributed by atoms with Gasteiger partial charge in [0, 0.05) is 25.7 Å². The van der Waals surface area contributed by atoms with Crippen LogP contribution in [0.15, 0.2) is 47.5 Å². The molecule has 0 spiro atoms. The molecule has 0 amide bonds. The zero-order valence-corrected chi connectivity index (χ0v) is 17.1. The topological polar surface area (TPSA) is 78.7 Å². The molecular formula is C23H28N4O2. The van der Waals surface area contributed by atoms with Crippen molar-refractivity contribution in [2.75, 3.05) is 14.2 Å². The van der Waals surface area contributed by atoms with E-state index in [0.717, 1.165) is 35.5 Å². The largest absolute Gasteiger partial charge is 0.493 e. The molecule has 2 N–H and O–H groups in total. The molecule has 2 aromatic rings. The van der Waals surface area contributed by atoms with Crippen molar-refractivity contribution in [1.29, 1.82) is 5.26 Å². The van der Waals surface area contributed by atoms with Crippen LogP contribution in [0, 0.1) is 11.3 Å². The number of ether oxygens (including phenoxy) is 2. The fraction of sp³-hybridized carbons (Fsp3) is 0.391. The van der Waals surface area contributed by atoms with Gasteiger partial charge in [-0.05, 0) is 49.4 Å². The number of methoxy groups -OCH3 is 1. The summed E-state index contributed by atoms with van der Waals surface area (Å²) >= 11 is 0. The van der Waals surface area contributed by atoms with Crippen LogP contribution >= 0.6 is 0 Å². The second-order valence-electron chi connectivity index (χ2n) is 7.06. The summed E-state index contributed by atoms with van der Waals surface area (Å²) in [5.74, 6) is 2.28. The molecule has 1 aliphatic carbocycles. The lowest BCUT2D eigenvalue weighted by Crippen LogP contribution is -2.36. The Labute approximate surface area is 172 Å². The van der Waals surface area contributed by atoms with Crippen LogP contribution in [-0.2, 0) is 13.1 Å². The van der Waals surface area contributed by atoms with Gasteiger partial charge in [0.25, 0.3) is 0 Å². The van der Waals surface area contributed by atoms with E-state index in [9.17, 15) is 0 Å². The van der Waals surface area contributed by atoms with Crippen molar-refractivity contribution in [2.24, 2.45) is 4.99 Å². The molecule has 0 heterocycles. The first-order valence-corrected chi connectivity index (χ1v) is 9.99. The molecule has 0 atom stereocenters. The first kappa shape index (κ1) is 20.5. The number of nitrogens with zero attached hydrogens (tertiary/aromatic N) is 2. The maximum atomic E-state index is 8.90. The monoisotopic (exact) mass is 392 g/mol. The second-order valence-corrected chi connectivity index (χ2v) is 7.06. The average molecular weight is 393 g/mol. The third-order valence-corrected chi connectivity index (χ3v) is 5.08. The predicted octanol–water partition coefficient (Wildman–Crippen LogP) is 3.75. The molecule has 6 nitrogen and oxygen atoms in total. The number of hydrogen-bond acceptors (Lipinski definition) is 4. The number of guanidine groups is 1. The van der Waals surface area contributed by atoms with Gasteiger partial charge in [-0.25, -0.2) is 0 Å². The summed E-state index contributed by atoms with van der Waals surface area (Å²) in [6.45, 7) is 1.20. The molecule has 0 aromatic heterocycles. The molecule has 0 radical (unpaired) electrons. The fourth-order valence-corrected chi connectivity index (χ4v) is 3.45. The number of hydrogen-bond donors (Lipinski definition) is 2. The minimum atomic E-state index is 0.263. The van der Waals surface area contributed by atoms with Crippen LogP contribution in [0.3, 0.4) is 0 Å². The van der Waals surface area contributed by atoms with E-state index >= 15 is 0 Å². The molecular weight excluding hydrogens is 364 g/mol. The number of rotatable bonds is 7. The second kappa shape index (κ2) is 10.4. The smallest absolute Gasteiger partial charge is 0.191 e. The molecule has 29 heavy (non-hydrogen) atoms. The molecule has 1 aliphatic rings. The van der Waals surface area contributed by atoms with Crippen molar-refractivity contribution in [1.82, 2.24) is 10.6 Å². The summed E-state index contributed by atoms with van der Waals surface area (Å²) in [5, 5.41) is 15.5. The van der Waals surface area contributed by atoms with Gasteiger partial charge in [-0.2, -0.15) is 5.26 Å². The molecule has 152 valence electrons. The third kappa shape index (κ3) is 5.64. The van der Waals surface area contributed by atoms with E-state index < -0.39 is 0 Å². The van der Waals surface area contributed by atoms with E-state index in [2.05, 4.69) is 21.7 Å². The summed E-state index contributed by atoms with van der Waals surface area (Å²) in [5.41, 5.74) is 2.78. The molecule has 1 saturated carbocycles. The Bertz CT molecular complexity index is 865. The lowest BCUT2D eigenvalue weighted by atomic mass is 10.1. The molecule has 0 bridgehead atoms. The van der Waals surface area contributed by atoms with Gasteiger partial charge in [-0.1, -0.05) is 24.3 Å². The van der Waals surface area contributed by atoms with E-state index in [4.69, 9.17) is 14.7 Å². The molecule has 6 heteroatoms. The van der Waals surface area contributed by atoms with Gasteiger partial charge >= 0.3 is 0 Å². The minimum absolute atomic E-state index is 0.263. The van der Waals surface area contributed by atoms with Gasteiger partial charge in [-0.3, -0.25) is 4.99 Å². The molecule has 2 aromatic carbocycles. The highest BCUT2D eigenvalue weighted by atomic mass is 16.5. The fourth-order valence-electron chi connectivity index (χ4n) is 3.45. The highest BCUT2D eigenvalue weighted by Crippen LogP contribution is 2.34. The normalized spacial score (nSPS) is 14.3. The Morgan fingerprint density at radius 1 is 1.10 bits per heavy atom. The maximum Gasteiger partial charge on any atom is 0.191 e. The van der Waals surface area contributed by atoms with Gasteiger partial charge in [-0.15, -0.1) is 0 Å². The van der Waals surface area contributed by atoms with Crippen LogP contribution in [0.2, 0.25) is 0 Å². The van der Waals surface area contributed by atoms with Crippen LogP contribution in [0.1, 0.15) is 42.4 Å². The predicted molar refractivity (Wildman–Crippen MR) is 114 cm³/mol. The van der Waals surface area contributed by atoms with Crippen molar-refractivity contribution >= 4 is 5.96 Å². The van der Waals surface area contributed by atoms with E-state index in [1.807, 2.05) is 42.5 Å². The van der Waals surface area contributed by atoms with Crippen molar-refractivity contribution in [2.45, 2.75) is 44.9 Å². The van der Waals surface area contributed by atoms with Crippen LogP contribution in [-0.4, -0.2) is 26.2 Å². The molecule has 3 rings (SSSR count). The number of aliphatic imine (C=N–C) groups is 1. The van der Waals surface area contributed by atoms with E-state index in [1.54, 1.807) is 14.2 Å². The quantitative estimate of drug-likeness (QED) is 0.554. The average Bonchev–Trinajstić information content (AvgIpc) is 3.28. The first-order valence-electron chi connectivity index (χ1n) is 9.99. The summed E-state index contributed by atoms with van der Waals surface area (Å²) < 4.78 is 11.8. The molecule has 1 fully saturated rings. The number of nitriles is 1. The van der Waals surface area contributed by atoms with Gasteiger partial charge in [0.15, 0.2) is 17.5 Å². The summed E-state index contributed by atoms with van der Waals surface area (Å²) in [4.78, 5) is 4.30. The highest BCUT2D eigenvalue weighted by Gasteiger charge is 2.20. The van der Waals surface area contributed by atoms with E-state index in [1.165, 1.54) is 12.8 Å². The molecule has 0 aliphatic heterocycles. The summed E-state index contributed by atoms with van der Waals surface area (Å²) in [6, 6.07) is 15.6. The Kier molecular flexibility index (Phi) is 7.34. The third-order valence-electron chi connectivity index (χ3n) is 5.08. The lowest BCUT2D eigenvalue weighted by molar-refractivity contribution is 0.198. The van der Waals surface area contributed by atoms with Gasteiger partial charge in [0.2, 0.25) is 0 Å². The Hall–Kier alpha value is -3.20. The highest BCUT2D eigenvalue weighted by molar-refractivity contribution is 5.79. The van der Waals surface area contributed by atoms with Gasteiger partial charge in [0.05, 0.1) is 24.8 Å². The Morgan fingerprint density at radius 2 is 1.83 bits per heavy atom. The van der Waals surface area contributed by atoms with Crippen molar-refractivity contribution in [3.63, 3.8) is 0 Å². The standard InChI is InChI=1S/C23H28N4O2/c1-25-23(26-15-18-12-10-17(14-24)11-13-18)27-16-19-6-5-9-21(28-2)22(19)29-20-7-3-4-8-20/h5-6,9-13,20H,3-4,7-8,15-16H2,1-2H3,(H2,25,26,27). The maximum absolute atomic E-state index is 8.90. The van der Waals surface area contributed by atoms with Crippen LogP contribution in [0.4, 0.5) is 0 Å². The number of benzene rings is 2. The van der Waals surface area contributed by atoms with Crippen LogP contribution in [0.5, 0.6) is 11.5 Å². The minimum Gasteiger partial charge on any atom is -0.493 e. The molecule has 0 saturated heterocycles. The lowest BCUT2D eigenvalue weighted by Gasteiger charge is -2.20. The zero-order valence-electron chi connectivity index (χ0n) is 17.1. The summed E-state index contributed by atoms with van der Waals surface area (Å²) in [6.07, 6.45) is 4.90. The molecule has 0 unspecified atom stereocenters. The van der Waals surface area contributed by atoms with Crippen LogP contribution < -0.4 is 20.1 Å². The van der Waals surface area contributed by atoms with Gasteiger partial charge in [0.1, 0.15) is 0 Å². The Balaban J connectivity index is 1.61. The van der Waals surface area contributed by atoms with Gasteiger partial charge < -0.3 is 20.1 Å². The van der Waals surface area contributed by atoms with E-state index in [0.29, 0.717) is 24.6 Å². The first-order chi connectivity index (χ1) is 14.2.